The van der Waals surface area contributed by atoms with Gasteiger partial charge < -0.3 is 4.74 Å². The molecule has 0 bridgehead atoms. The Morgan fingerprint density at radius 2 is 2.11 bits per heavy atom. The van der Waals surface area contributed by atoms with E-state index in [-0.39, 0.29) is 6.04 Å². The fraction of sp³-hybridized carbons (Fsp3) is 0.533. The summed E-state index contributed by atoms with van der Waals surface area (Å²) in [4.78, 5) is 0. The van der Waals surface area contributed by atoms with E-state index in [0.717, 1.165) is 12.3 Å². The van der Waals surface area contributed by atoms with Crippen LogP contribution in [0.3, 0.4) is 0 Å². The summed E-state index contributed by atoms with van der Waals surface area (Å²) in [6.45, 7) is 9.58. The molecule has 18 heavy (non-hydrogen) atoms. The molecule has 0 aliphatic carbocycles. The van der Waals surface area contributed by atoms with E-state index in [1.807, 2.05) is 19.1 Å². The first-order chi connectivity index (χ1) is 8.58. The van der Waals surface area contributed by atoms with Crippen molar-refractivity contribution in [1.29, 1.82) is 5.26 Å². The molecule has 0 fully saturated rings. The molecule has 1 unspecified atom stereocenters. The standard InChI is InChI=1S/C15H22N2O/c1-5-17-13(9-16)10-18-14-6-7-15(11(2)3)12(4)8-14/h6-8,11,13,17H,5,10H2,1-4H3. The Bertz CT molecular complexity index is 421. The van der Waals surface area contributed by atoms with Crippen LogP contribution in [0.2, 0.25) is 0 Å². The monoisotopic (exact) mass is 246 g/mol. The smallest absolute Gasteiger partial charge is 0.130 e. The zero-order valence-electron chi connectivity index (χ0n) is 11.7. The van der Waals surface area contributed by atoms with E-state index in [0.29, 0.717) is 12.5 Å². The lowest BCUT2D eigenvalue weighted by molar-refractivity contribution is 0.290. The Hall–Kier alpha value is -1.53. The van der Waals surface area contributed by atoms with Gasteiger partial charge in [-0.25, -0.2) is 0 Å². The number of hydrogen-bond acceptors (Lipinski definition) is 3. The van der Waals surface area contributed by atoms with Crippen LogP contribution in [0.15, 0.2) is 18.2 Å². The van der Waals surface area contributed by atoms with Crippen LogP contribution in [0.4, 0.5) is 0 Å². The third-order valence-electron chi connectivity index (χ3n) is 2.89. The van der Waals surface area contributed by atoms with Crippen molar-refractivity contribution in [3.8, 4) is 11.8 Å². The summed E-state index contributed by atoms with van der Waals surface area (Å²) in [6, 6.07) is 8.04. The first-order valence-electron chi connectivity index (χ1n) is 6.44. The number of aryl methyl sites for hydroxylation is 1. The minimum Gasteiger partial charge on any atom is -0.491 e. The maximum Gasteiger partial charge on any atom is 0.130 e. The molecule has 0 aliphatic rings. The highest BCUT2D eigenvalue weighted by molar-refractivity contribution is 5.36. The van der Waals surface area contributed by atoms with Crippen LogP contribution in [-0.2, 0) is 0 Å². The number of nitriles is 1. The molecule has 1 N–H and O–H groups in total. The van der Waals surface area contributed by atoms with Crippen LogP contribution in [0.1, 0.15) is 37.8 Å². The van der Waals surface area contributed by atoms with Gasteiger partial charge >= 0.3 is 0 Å². The number of benzene rings is 1. The zero-order chi connectivity index (χ0) is 13.5. The number of likely N-dealkylation sites (N-methyl/N-ethyl adjacent to an activating group) is 1. The molecule has 3 nitrogen and oxygen atoms in total. The summed E-state index contributed by atoms with van der Waals surface area (Å²) in [7, 11) is 0. The summed E-state index contributed by atoms with van der Waals surface area (Å²) in [5.41, 5.74) is 2.57. The normalized spacial score (nSPS) is 12.2. The summed E-state index contributed by atoms with van der Waals surface area (Å²) in [5.74, 6) is 1.35. The molecule has 0 aromatic heterocycles. The number of ether oxygens (including phenoxy) is 1. The summed E-state index contributed by atoms with van der Waals surface area (Å²) in [5, 5.41) is 12.0. The van der Waals surface area contributed by atoms with Crippen molar-refractivity contribution in [2.45, 2.75) is 39.7 Å². The van der Waals surface area contributed by atoms with Crippen LogP contribution in [0.5, 0.6) is 5.75 Å². The van der Waals surface area contributed by atoms with Gasteiger partial charge in [-0.2, -0.15) is 5.26 Å². The Labute approximate surface area is 110 Å². The molecule has 1 aromatic rings. The van der Waals surface area contributed by atoms with E-state index in [9.17, 15) is 0 Å². The molecule has 0 radical (unpaired) electrons. The Kier molecular flexibility index (Phi) is 5.67. The van der Waals surface area contributed by atoms with Crippen LogP contribution in [-0.4, -0.2) is 19.2 Å². The van der Waals surface area contributed by atoms with Gasteiger partial charge in [0.2, 0.25) is 0 Å². The summed E-state index contributed by atoms with van der Waals surface area (Å²) >= 11 is 0. The van der Waals surface area contributed by atoms with Crippen molar-refractivity contribution in [1.82, 2.24) is 5.32 Å². The van der Waals surface area contributed by atoms with E-state index in [1.165, 1.54) is 11.1 Å². The van der Waals surface area contributed by atoms with Crippen molar-refractivity contribution in [2.24, 2.45) is 0 Å². The van der Waals surface area contributed by atoms with Crippen LogP contribution in [0.25, 0.3) is 0 Å². The van der Waals surface area contributed by atoms with Gasteiger partial charge in [0, 0.05) is 0 Å². The number of hydrogen-bond donors (Lipinski definition) is 1. The predicted molar refractivity (Wildman–Crippen MR) is 73.8 cm³/mol. The lowest BCUT2D eigenvalue weighted by Crippen LogP contribution is -2.33. The average molecular weight is 246 g/mol. The van der Waals surface area contributed by atoms with Crippen molar-refractivity contribution >= 4 is 0 Å². The maximum atomic E-state index is 8.91. The van der Waals surface area contributed by atoms with E-state index in [2.05, 4.69) is 38.2 Å². The second-order valence-electron chi connectivity index (χ2n) is 4.72. The van der Waals surface area contributed by atoms with Crippen LogP contribution >= 0.6 is 0 Å². The van der Waals surface area contributed by atoms with E-state index < -0.39 is 0 Å². The first-order valence-corrected chi connectivity index (χ1v) is 6.44. The van der Waals surface area contributed by atoms with Crippen molar-refractivity contribution < 1.29 is 4.74 Å². The molecule has 0 amide bonds. The van der Waals surface area contributed by atoms with E-state index in [1.54, 1.807) is 0 Å². The summed E-state index contributed by atoms with van der Waals surface area (Å²) in [6.07, 6.45) is 0. The van der Waals surface area contributed by atoms with E-state index in [4.69, 9.17) is 10.00 Å². The highest BCUT2D eigenvalue weighted by Crippen LogP contribution is 2.23. The highest BCUT2D eigenvalue weighted by Gasteiger charge is 2.08. The molecule has 1 rings (SSSR count). The first kappa shape index (κ1) is 14.5. The van der Waals surface area contributed by atoms with Gasteiger partial charge in [0.25, 0.3) is 0 Å². The molecular formula is C15H22N2O. The molecule has 0 heterocycles. The number of rotatable bonds is 6. The molecule has 3 heteroatoms. The van der Waals surface area contributed by atoms with Crippen LogP contribution in [0, 0.1) is 18.3 Å². The van der Waals surface area contributed by atoms with Crippen molar-refractivity contribution in [3.05, 3.63) is 29.3 Å². The molecule has 0 spiro atoms. The second-order valence-corrected chi connectivity index (χ2v) is 4.72. The van der Waals surface area contributed by atoms with Gasteiger partial charge in [-0.15, -0.1) is 0 Å². The minimum atomic E-state index is -0.250. The lowest BCUT2D eigenvalue weighted by atomic mass is 9.98. The fourth-order valence-electron chi connectivity index (χ4n) is 1.95. The van der Waals surface area contributed by atoms with Gasteiger partial charge in [-0.1, -0.05) is 26.8 Å². The minimum absolute atomic E-state index is 0.250. The third-order valence-corrected chi connectivity index (χ3v) is 2.89. The van der Waals surface area contributed by atoms with Gasteiger partial charge in [0.15, 0.2) is 0 Å². The predicted octanol–water partition coefficient (Wildman–Crippen LogP) is 3.00. The lowest BCUT2D eigenvalue weighted by Gasteiger charge is -2.14. The Balaban J connectivity index is 2.64. The SMILES string of the molecule is CCNC(C#N)COc1ccc(C(C)C)c(C)c1. The van der Waals surface area contributed by atoms with E-state index >= 15 is 0 Å². The number of nitrogens with one attached hydrogen (secondary N) is 1. The van der Waals surface area contributed by atoms with Gasteiger partial charge in [-0.05, 0) is 42.6 Å². The highest BCUT2D eigenvalue weighted by atomic mass is 16.5. The van der Waals surface area contributed by atoms with Crippen molar-refractivity contribution in [3.63, 3.8) is 0 Å². The van der Waals surface area contributed by atoms with Gasteiger partial charge in [0.05, 0.1) is 6.07 Å². The fourth-order valence-corrected chi connectivity index (χ4v) is 1.95. The Morgan fingerprint density at radius 3 is 2.61 bits per heavy atom. The third kappa shape index (κ3) is 4.05. The van der Waals surface area contributed by atoms with Crippen LogP contribution < -0.4 is 10.1 Å². The Morgan fingerprint density at radius 1 is 1.39 bits per heavy atom. The van der Waals surface area contributed by atoms with Gasteiger partial charge in [0.1, 0.15) is 18.4 Å². The molecule has 0 saturated carbocycles. The molecule has 1 atom stereocenters. The molecule has 98 valence electrons. The second kappa shape index (κ2) is 7.03. The van der Waals surface area contributed by atoms with Gasteiger partial charge in [-0.3, -0.25) is 5.32 Å². The molecular weight excluding hydrogens is 224 g/mol. The maximum absolute atomic E-state index is 8.91. The zero-order valence-corrected chi connectivity index (χ0v) is 11.7. The molecule has 1 aromatic carbocycles. The van der Waals surface area contributed by atoms with Crippen molar-refractivity contribution in [2.75, 3.05) is 13.2 Å². The quantitative estimate of drug-likeness (QED) is 0.839. The number of nitrogens with zero attached hydrogens (tertiary/aromatic N) is 1. The molecule has 0 aliphatic heterocycles. The summed E-state index contributed by atoms with van der Waals surface area (Å²) < 4.78 is 5.64. The topological polar surface area (TPSA) is 45.0 Å². The largest absolute Gasteiger partial charge is 0.491 e. The average Bonchev–Trinajstić information content (AvgIpc) is 2.34. The molecule has 0 saturated heterocycles.